The van der Waals surface area contributed by atoms with Gasteiger partial charge < -0.3 is 0 Å². The summed E-state index contributed by atoms with van der Waals surface area (Å²) in [4.78, 5) is 4.60. The summed E-state index contributed by atoms with van der Waals surface area (Å²) in [7, 11) is 0. The lowest BCUT2D eigenvalue weighted by Gasteiger charge is -2.11. The van der Waals surface area contributed by atoms with E-state index in [0.717, 1.165) is 16.6 Å². The highest BCUT2D eigenvalue weighted by Crippen LogP contribution is 2.35. The molecule has 116 valence electrons. The van der Waals surface area contributed by atoms with Crippen molar-refractivity contribution in [2.75, 3.05) is 0 Å². The van der Waals surface area contributed by atoms with Crippen LogP contribution in [0.3, 0.4) is 0 Å². The molecule has 0 saturated carbocycles. The van der Waals surface area contributed by atoms with E-state index in [4.69, 9.17) is 0 Å². The van der Waals surface area contributed by atoms with Crippen LogP contribution in [0, 0.1) is 0 Å². The van der Waals surface area contributed by atoms with Crippen molar-refractivity contribution in [2.45, 2.75) is 0 Å². The molecule has 0 radical (unpaired) electrons. The van der Waals surface area contributed by atoms with Crippen molar-refractivity contribution in [1.29, 1.82) is 0 Å². The first-order chi connectivity index (χ1) is 12.4. The Bertz CT molecular complexity index is 1440. The highest BCUT2D eigenvalue weighted by Gasteiger charge is 2.13. The van der Waals surface area contributed by atoms with Crippen molar-refractivity contribution < 1.29 is 0 Å². The van der Waals surface area contributed by atoms with Crippen molar-refractivity contribution >= 4 is 48.9 Å². The van der Waals surface area contributed by atoms with Gasteiger partial charge in [0.15, 0.2) is 0 Å². The summed E-state index contributed by atoms with van der Waals surface area (Å²) < 4.78 is 2.03. The van der Waals surface area contributed by atoms with Crippen LogP contribution in [-0.4, -0.2) is 14.6 Å². The average Bonchev–Trinajstić information content (AvgIpc) is 3.17. The second kappa shape index (κ2) is 4.54. The van der Waals surface area contributed by atoms with Crippen LogP contribution in [0.15, 0.2) is 79.1 Å². The third kappa shape index (κ3) is 1.59. The quantitative estimate of drug-likeness (QED) is 0.354. The van der Waals surface area contributed by atoms with Crippen LogP contribution in [0.1, 0.15) is 0 Å². The minimum Gasteiger partial charge on any atom is -0.254 e. The predicted molar refractivity (Wildman–Crippen MR) is 103 cm³/mol. The van der Waals surface area contributed by atoms with E-state index in [9.17, 15) is 0 Å². The van der Waals surface area contributed by atoms with Crippen LogP contribution >= 0.6 is 0 Å². The second-order valence-corrected chi connectivity index (χ2v) is 6.37. The fourth-order valence-corrected chi connectivity index (χ4v) is 4.01. The van der Waals surface area contributed by atoms with E-state index in [0.29, 0.717) is 0 Å². The van der Waals surface area contributed by atoms with Crippen LogP contribution in [0.4, 0.5) is 0 Å². The van der Waals surface area contributed by atoms with Gasteiger partial charge in [0.2, 0.25) is 0 Å². The summed E-state index contributed by atoms with van der Waals surface area (Å²) in [5.41, 5.74) is 3.18. The highest BCUT2D eigenvalue weighted by atomic mass is 15.2. The number of benzene rings is 3. The fraction of sp³-hybridized carbons (Fsp3) is 0. The summed E-state index contributed by atoms with van der Waals surface area (Å²) in [5, 5.41) is 12.0. The molecular weight excluding hydrogens is 306 g/mol. The van der Waals surface area contributed by atoms with E-state index in [-0.39, 0.29) is 0 Å². The van der Waals surface area contributed by atoms with Crippen LogP contribution < -0.4 is 0 Å². The van der Waals surface area contributed by atoms with Crippen LogP contribution in [0.2, 0.25) is 0 Å². The summed E-state index contributed by atoms with van der Waals surface area (Å²) in [6, 6.07) is 23.5. The summed E-state index contributed by atoms with van der Waals surface area (Å²) in [6.07, 6.45) is 3.69. The Morgan fingerprint density at radius 2 is 1.40 bits per heavy atom. The molecular formula is C22H13N3. The van der Waals surface area contributed by atoms with E-state index in [1.807, 2.05) is 29.0 Å². The fourth-order valence-electron chi connectivity index (χ4n) is 4.01. The van der Waals surface area contributed by atoms with Crippen molar-refractivity contribution in [2.24, 2.45) is 0 Å². The Labute approximate surface area is 143 Å². The standard InChI is InChI=1S/C22H13N3/c1-2-5-15-14(4-1)7-8-18-16(15)9-10-19-17-6-3-12-23-21(17)20-11-13-24-25(20)22(18)19/h1-13H. The molecule has 0 unspecified atom stereocenters. The second-order valence-electron chi connectivity index (χ2n) is 6.37. The maximum absolute atomic E-state index is 4.60. The Hall–Kier alpha value is -3.46. The molecule has 3 heterocycles. The monoisotopic (exact) mass is 319 g/mol. The minimum absolute atomic E-state index is 0.993. The van der Waals surface area contributed by atoms with Crippen LogP contribution in [0.5, 0.6) is 0 Å². The number of aromatic nitrogens is 3. The Kier molecular flexibility index (Phi) is 2.35. The lowest BCUT2D eigenvalue weighted by molar-refractivity contribution is 1.01. The number of hydrogen-bond donors (Lipinski definition) is 0. The smallest absolute Gasteiger partial charge is 0.0966 e. The summed E-state index contributed by atoms with van der Waals surface area (Å²) >= 11 is 0. The van der Waals surface area contributed by atoms with Crippen molar-refractivity contribution in [3.05, 3.63) is 79.1 Å². The molecule has 0 saturated heterocycles. The zero-order valence-corrected chi connectivity index (χ0v) is 13.3. The molecule has 0 aliphatic rings. The number of hydrogen-bond acceptors (Lipinski definition) is 2. The number of rotatable bonds is 0. The van der Waals surface area contributed by atoms with Gasteiger partial charge in [-0.25, -0.2) is 4.52 Å². The maximum Gasteiger partial charge on any atom is 0.0966 e. The number of pyridine rings is 2. The van der Waals surface area contributed by atoms with Gasteiger partial charge in [-0.05, 0) is 28.3 Å². The van der Waals surface area contributed by atoms with Gasteiger partial charge in [0.05, 0.1) is 22.7 Å². The molecule has 0 aliphatic carbocycles. The van der Waals surface area contributed by atoms with Gasteiger partial charge in [0.1, 0.15) is 0 Å². The third-order valence-electron chi connectivity index (χ3n) is 5.09. The molecule has 6 aromatic rings. The lowest BCUT2D eigenvalue weighted by atomic mass is 9.98. The lowest BCUT2D eigenvalue weighted by Crippen LogP contribution is -1.95. The van der Waals surface area contributed by atoms with E-state index < -0.39 is 0 Å². The molecule has 3 aromatic carbocycles. The highest BCUT2D eigenvalue weighted by molar-refractivity contribution is 6.22. The molecule has 3 nitrogen and oxygen atoms in total. The molecule has 3 heteroatoms. The van der Waals surface area contributed by atoms with Gasteiger partial charge in [0.25, 0.3) is 0 Å². The molecule has 3 aromatic heterocycles. The van der Waals surface area contributed by atoms with Gasteiger partial charge in [0, 0.05) is 22.4 Å². The average molecular weight is 319 g/mol. The van der Waals surface area contributed by atoms with E-state index >= 15 is 0 Å². The molecule has 0 aliphatic heterocycles. The van der Waals surface area contributed by atoms with Gasteiger partial charge in [-0.15, -0.1) is 0 Å². The van der Waals surface area contributed by atoms with Crippen LogP contribution in [0.25, 0.3) is 48.9 Å². The zero-order chi connectivity index (χ0) is 16.4. The first-order valence-electron chi connectivity index (χ1n) is 8.36. The predicted octanol–water partition coefficient (Wildman–Crippen LogP) is 5.34. The first-order valence-corrected chi connectivity index (χ1v) is 8.36. The van der Waals surface area contributed by atoms with Crippen LogP contribution in [-0.2, 0) is 0 Å². The van der Waals surface area contributed by atoms with Gasteiger partial charge in [-0.3, -0.25) is 4.98 Å². The Morgan fingerprint density at radius 3 is 2.40 bits per heavy atom. The topological polar surface area (TPSA) is 30.2 Å². The molecule has 25 heavy (non-hydrogen) atoms. The summed E-state index contributed by atoms with van der Waals surface area (Å²) in [5.74, 6) is 0. The van der Waals surface area contributed by atoms with Crippen molar-refractivity contribution in [3.8, 4) is 0 Å². The molecule has 0 amide bonds. The Morgan fingerprint density at radius 1 is 0.600 bits per heavy atom. The number of fused-ring (bicyclic) bond motifs is 10. The molecule has 0 N–H and O–H groups in total. The largest absolute Gasteiger partial charge is 0.254 e. The first kappa shape index (κ1) is 12.9. The van der Waals surface area contributed by atoms with E-state index in [2.05, 4.69) is 64.7 Å². The van der Waals surface area contributed by atoms with E-state index in [1.54, 1.807) is 0 Å². The van der Waals surface area contributed by atoms with Gasteiger partial charge in [-0.2, -0.15) is 5.10 Å². The summed E-state index contributed by atoms with van der Waals surface area (Å²) in [6.45, 7) is 0. The van der Waals surface area contributed by atoms with Gasteiger partial charge >= 0.3 is 0 Å². The maximum atomic E-state index is 4.60. The molecule has 0 fully saturated rings. The molecule has 6 rings (SSSR count). The zero-order valence-electron chi connectivity index (χ0n) is 13.3. The third-order valence-corrected chi connectivity index (χ3v) is 5.09. The molecule has 0 bridgehead atoms. The molecule has 0 atom stereocenters. The number of nitrogens with zero attached hydrogens (tertiary/aromatic N) is 3. The van der Waals surface area contributed by atoms with E-state index in [1.165, 1.54) is 32.3 Å². The van der Waals surface area contributed by atoms with Gasteiger partial charge in [-0.1, -0.05) is 54.6 Å². The normalized spacial score (nSPS) is 12.0. The van der Waals surface area contributed by atoms with Crippen molar-refractivity contribution in [3.63, 3.8) is 0 Å². The minimum atomic E-state index is 0.993. The SMILES string of the molecule is c1ccc2c(c1)ccc1c2ccc2c3cccnc3c3ccnn3c12. The Balaban J connectivity index is 1.99. The molecule has 0 spiro atoms. The van der Waals surface area contributed by atoms with Crippen molar-refractivity contribution in [1.82, 2.24) is 14.6 Å².